The Kier molecular flexibility index (Phi) is 3.58. The van der Waals surface area contributed by atoms with Gasteiger partial charge in [-0.2, -0.15) is 0 Å². The third-order valence-corrected chi connectivity index (χ3v) is 3.33. The van der Waals surface area contributed by atoms with Crippen molar-refractivity contribution in [3.63, 3.8) is 0 Å². The number of aromatic nitrogens is 2. The van der Waals surface area contributed by atoms with Gasteiger partial charge in [-0.05, 0) is 30.3 Å². The Morgan fingerprint density at radius 3 is 2.90 bits per heavy atom. The van der Waals surface area contributed by atoms with Crippen LogP contribution >= 0.6 is 11.6 Å². The summed E-state index contributed by atoms with van der Waals surface area (Å²) in [7, 11) is 0. The topological polar surface area (TPSA) is 56.0 Å². The van der Waals surface area contributed by atoms with E-state index in [1.54, 1.807) is 22.7 Å². The van der Waals surface area contributed by atoms with E-state index >= 15 is 0 Å². The van der Waals surface area contributed by atoms with Crippen LogP contribution in [0.2, 0.25) is 5.02 Å². The molecular formula is C15H12ClN3O2. The molecule has 0 aliphatic heterocycles. The van der Waals surface area contributed by atoms with Gasteiger partial charge in [0.25, 0.3) is 0 Å². The molecule has 0 spiro atoms. The monoisotopic (exact) mass is 301 g/mol. The van der Waals surface area contributed by atoms with Gasteiger partial charge in [-0.25, -0.2) is 4.98 Å². The smallest absolute Gasteiger partial charge is 0.209 e. The highest BCUT2D eigenvalue weighted by Crippen LogP contribution is 2.36. The summed E-state index contributed by atoms with van der Waals surface area (Å²) >= 11 is 5.96. The minimum atomic E-state index is 0.230. The average Bonchev–Trinajstić information content (AvgIpc) is 2.85. The van der Waals surface area contributed by atoms with Crippen LogP contribution in [0.15, 0.2) is 47.8 Å². The van der Waals surface area contributed by atoms with E-state index in [4.69, 9.17) is 16.3 Å². The van der Waals surface area contributed by atoms with Gasteiger partial charge in [0.05, 0.1) is 6.61 Å². The van der Waals surface area contributed by atoms with Crippen molar-refractivity contribution in [3.8, 4) is 17.0 Å². The number of para-hydroxylation sites is 1. The Hall–Kier alpha value is -2.40. The first kappa shape index (κ1) is 13.6. The lowest BCUT2D eigenvalue weighted by atomic mass is 10.1. The van der Waals surface area contributed by atoms with Gasteiger partial charge in [0.15, 0.2) is 0 Å². The molecule has 0 saturated heterocycles. The Balaban J connectivity index is 2.27. The van der Waals surface area contributed by atoms with Gasteiger partial charge in [-0.1, -0.05) is 23.7 Å². The second kappa shape index (κ2) is 5.54. The molecule has 0 atom stereocenters. The highest BCUT2D eigenvalue weighted by molar-refractivity contribution is 6.30. The van der Waals surface area contributed by atoms with Crippen LogP contribution in [0.5, 0.6) is 5.75 Å². The molecule has 3 aromatic rings. The third-order valence-electron chi connectivity index (χ3n) is 3.09. The number of hydrogen-bond acceptors (Lipinski definition) is 4. The van der Waals surface area contributed by atoms with Crippen LogP contribution in [-0.4, -0.2) is 16.0 Å². The molecule has 6 heteroatoms. The summed E-state index contributed by atoms with van der Waals surface area (Å²) in [6.07, 6.45) is 1.67. The van der Waals surface area contributed by atoms with Crippen LogP contribution in [0.3, 0.4) is 0 Å². The van der Waals surface area contributed by atoms with Gasteiger partial charge in [0.2, 0.25) is 5.82 Å². The molecule has 0 aliphatic carbocycles. The average molecular weight is 302 g/mol. The van der Waals surface area contributed by atoms with E-state index in [1.165, 1.54) is 0 Å². The van der Waals surface area contributed by atoms with Crippen molar-refractivity contribution in [1.29, 1.82) is 0 Å². The van der Waals surface area contributed by atoms with Gasteiger partial charge in [0, 0.05) is 22.8 Å². The van der Waals surface area contributed by atoms with Crippen LogP contribution in [0, 0.1) is 4.91 Å². The molecule has 0 amide bonds. The molecule has 106 valence electrons. The van der Waals surface area contributed by atoms with E-state index in [0.717, 1.165) is 5.56 Å². The number of benzene rings is 1. The maximum absolute atomic E-state index is 11.2. The van der Waals surface area contributed by atoms with Crippen molar-refractivity contribution in [3.05, 3.63) is 52.5 Å². The van der Waals surface area contributed by atoms with Crippen LogP contribution in [-0.2, 0) is 0 Å². The molecule has 0 radical (unpaired) electrons. The van der Waals surface area contributed by atoms with E-state index in [0.29, 0.717) is 28.7 Å². The Labute approximate surface area is 126 Å². The molecule has 0 aliphatic rings. The first-order chi connectivity index (χ1) is 10.2. The summed E-state index contributed by atoms with van der Waals surface area (Å²) in [5.74, 6) is 0.897. The quantitative estimate of drug-likeness (QED) is 0.669. The number of nitrogens with zero attached hydrogens (tertiary/aromatic N) is 3. The van der Waals surface area contributed by atoms with Crippen molar-refractivity contribution in [1.82, 2.24) is 9.38 Å². The van der Waals surface area contributed by atoms with Crippen molar-refractivity contribution >= 4 is 23.1 Å². The van der Waals surface area contributed by atoms with E-state index in [-0.39, 0.29) is 5.82 Å². The van der Waals surface area contributed by atoms with Gasteiger partial charge in [0.1, 0.15) is 17.1 Å². The van der Waals surface area contributed by atoms with Gasteiger partial charge < -0.3 is 4.74 Å². The molecule has 5 nitrogen and oxygen atoms in total. The Morgan fingerprint density at radius 2 is 2.14 bits per heavy atom. The summed E-state index contributed by atoms with van der Waals surface area (Å²) < 4.78 is 7.20. The number of nitroso groups, excluding NO2 is 1. The SMILES string of the molecule is CCOc1ccccc1-c1nc2cc(Cl)ccn2c1N=O. The lowest BCUT2D eigenvalue weighted by molar-refractivity contribution is 0.341. The molecule has 0 fully saturated rings. The number of hydrogen-bond donors (Lipinski definition) is 0. The van der Waals surface area contributed by atoms with Gasteiger partial charge in [-0.3, -0.25) is 4.40 Å². The van der Waals surface area contributed by atoms with Crippen molar-refractivity contribution < 1.29 is 4.74 Å². The molecule has 0 saturated carbocycles. The second-order valence-corrected chi connectivity index (χ2v) is 4.81. The first-order valence-electron chi connectivity index (χ1n) is 6.47. The summed E-state index contributed by atoms with van der Waals surface area (Å²) in [6, 6.07) is 10.8. The van der Waals surface area contributed by atoms with E-state index in [9.17, 15) is 4.91 Å². The zero-order valence-electron chi connectivity index (χ0n) is 11.3. The molecule has 2 heterocycles. The zero-order valence-corrected chi connectivity index (χ0v) is 12.0. The molecule has 0 unspecified atom stereocenters. The van der Waals surface area contributed by atoms with Crippen LogP contribution in [0.1, 0.15) is 6.92 Å². The normalized spacial score (nSPS) is 10.8. The number of rotatable bonds is 4. The molecule has 0 bridgehead atoms. The highest BCUT2D eigenvalue weighted by atomic mass is 35.5. The molecular weight excluding hydrogens is 290 g/mol. The molecule has 21 heavy (non-hydrogen) atoms. The maximum atomic E-state index is 11.2. The number of ether oxygens (including phenoxy) is 1. The predicted octanol–water partition coefficient (Wildman–Crippen LogP) is 4.45. The molecule has 3 rings (SSSR count). The highest BCUT2D eigenvalue weighted by Gasteiger charge is 2.18. The third kappa shape index (κ3) is 2.36. The molecule has 0 N–H and O–H groups in total. The fourth-order valence-electron chi connectivity index (χ4n) is 2.22. The zero-order chi connectivity index (χ0) is 14.8. The fourth-order valence-corrected chi connectivity index (χ4v) is 2.37. The summed E-state index contributed by atoms with van der Waals surface area (Å²) in [6.45, 7) is 2.43. The van der Waals surface area contributed by atoms with E-state index < -0.39 is 0 Å². The number of fused-ring (bicyclic) bond motifs is 1. The summed E-state index contributed by atoms with van der Waals surface area (Å²) in [5, 5.41) is 3.67. The summed E-state index contributed by atoms with van der Waals surface area (Å²) in [5.41, 5.74) is 1.78. The van der Waals surface area contributed by atoms with Crippen molar-refractivity contribution in [2.24, 2.45) is 5.18 Å². The number of halogens is 1. The van der Waals surface area contributed by atoms with Crippen molar-refractivity contribution in [2.75, 3.05) is 6.61 Å². The molecule has 1 aromatic carbocycles. The Morgan fingerprint density at radius 1 is 1.33 bits per heavy atom. The van der Waals surface area contributed by atoms with E-state index in [2.05, 4.69) is 10.2 Å². The van der Waals surface area contributed by atoms with Gasteiger partial charge in [-0.15, -0.1) is 4.91 Å². The second-order valence-electron chi connectivity index (χ2n) is 4.38. The van der Waals surface area contributed by atoms with Crippen LogP contribution < -0.4 is 4.74 Å². The van der Waals surface area contributed by atoms with Gasteiger partial charge >= 0.3 is 0 Å². The lowest BCUT2D eigenvalue weighted by Crippen LogP contribution is -1.94. The number of imidazole rings is 1. The largest absolute Gasteiger partial charge is 0.493 e. The lowest BCUT2D eigenvalue weighted by Gasteiger charge is -2.07. The standard InChI is InChI=1S/C15H12ClN3O2/c1-2-21-12-6-4-3-5-11(12)14-15(18-20)19-8-7-10(16)9-13(19)17-14/h3-9H,2H2,1H3. The number of pyridine rings is 1. The predicted molar refractivity (Wildman–Crippen MR) is 82.3 cm³/mol. The van der Waals surface area contributed by atoms with Crippen LogP contribution in [0.4, 0.5) is 5.82 Å². The van der Waals surface area contributed by atoms with Crippen molar-refractivity contribution in [2.45, 2.75) is 6.92 Å². The Bertz CT molecular complexity index is 814. The van der Waals surface area contributed by atoms with Crippen LogP contribution in [0.25, 0.3) is 16.9 Å². The first-order valence-corrected chi connectivity index (χ1v) is 6.85. The minimum absolute atomic E-state index is 0.230. The van der Waals surface area contributed by atoms with E-state index in [1.807, 2.05) is 31.2 Å². The summed E-state index contributed by atoms with van der Waals surface area (Å²) in [4.78, 5) is 15.7. The molecule has 2 aromatic heterocycles. The fraction of sp³-hybridized carbons (Fsp3) is 0.133. The maximum Gasteiger partial charge on any atom is 0.209 e. The minimum Gasteiger partial charge on any atom is -0.493 e.